The first-order chi connectivity index (χ1) is 6.97. The summed E-state index contributed by atoms with van der Waals surface area (Å²) in [6.45, 7) is 1.82. The molecule has 0 spiro atoms. The fourth-order valence-electron chi connectivity index (χ4n) is 1.29. The molecule has 0 aromatic heterocycles. The van der Waals surface area contributed by atoms with E-state index >= 15 is 0 Å². The lowest BCUT2D eigenvalue weighted by atomic mass is 10.3. The normalized spacial score (nSPS) is 17.0. The quantitative estimate of drug-likeness (QED) is 0.560. The van der Waals surface area contributed by atoms with Gasteiger partial charge in [0.15, 0.2) is 5.11 Å². The van der Waals surface area contributed by atoms with Crippen molar-refractivity contribution in [1.29, 1.82) is 0 Å². The smallest absolute Gasteiger partial charge is 0.247 e. The monoisotopic (exact) mass is 250 g/mol. The van der Waals surface area contributed by atoms with E-state index in [9.17, 15) is 13.2 Å². The van der Waals surface area contributed by atoms with Gasteiger partial charge in [0.2, 0.25) is 15.9 Å². The van der Waals surface area contributed by atoms with Crippen LogP contribution in [-0.4, -0.2) is 36.0 Å². The fraction of sp³-hybridized carbons (Fsp3) is 0.750. The highest BCUT2D eigenvalue weighted by atomic mass is 32.2. The molecule has 1 aliphatic rings. The van der Waals surface area contributed by atoms with Gasteiger partial charge >= 0.3 is 0 Å². The number of amides is 1. The van der Waals surface area contributed by atoms with Crippen molar-refractivity contribution in [1.82, 2.24) is 9.62 Å². The second kappa shape index (κ2) is 4.89. The number of nitrogens with one attached hydrogen (secondary N) is 1. The maximum Gasteiger partial charge on any atom is 0.247 e. The van der Waals surface area contributed by atoms with Crippen LogP contribution in [0.5, 0.6) is 0 Å². The van der Waals surface area contributed by atoms with Gasteiger partial charge in [-0.15, -0.1) is 0 Å². The Hall–Kier alpha value is -0.690. The molecule has 1 N–H and O–H groups in total. The molecule has 0 aromatic rings. The molecule has 7 heteroatoms. The summed E-state index contributed by atoms with van der Waals surface area (Å²) in [4.78, 5) is 10.9. The van der Waals surface area contributed by atoms with Gasteiger partial charge in [0, 0.05) is 0 Å². The molecular formula is C8H14N2O3S2. The number of carbonyl (C=O) groups excluding carboxylic acids is 1. The number of rotatable bonds is 5. The molecule has 0 radical (unpaired) electrons. The van der Waals surface area contributed by atoms with Crippen molar-refractivity contribution in [3.63, 3.8) is 0 Å². The molecule has 0 aliphatic carbocycles. The van der Waals surface area contributed by atoms with E-state index in [4.69, 9.17) is 12.2 Å². The predicted octanol–water partition coefficient (Wildman–Crippen LogP) is 0.223. The summed E-state index contributed by atoms with van der Waals surface area (Å²) in [5.41, 5.74) is 0. The summed E-state index contributed by atoms with van der Waals surface area (Å²) in [6, 6.07) is 0. The minimum Gasteiger partial charge on any atom is -0.301 e. The van der Waals surface area contributed by atoms with Gasteiger partial charge < -0.3 is 5.32 Å². The second-order valence-electron chi connectivity index (χ2n) is 3.38. The van der Waals surface area contributed by atoms with E-state index in [1.807, 2.05) is 6.92 Å². The summed E-state index contributed by atoms with van der Waals surface area (Å²) in [7, 11) is -3.41. The van der Waals surface area contributed by atoms with Gasteiger partial charge in [-0.1, -0.05) is 19.8 Å². The first-order valence-electron chi connectivity index (χ1n) is 4.81. The van der Waals surface area contributed by atoms with Crippen LogP contribution in [0, 0.1) is 0 Å². The number of hydrogen-bond acceptors (Lipinski definition) is 4. The predicted molar refractivity (Wildman–Crippen MR) is 60.8 cm³/mol. The van der Waals surface area contributed by atoms with E-state index < -0.39 is 10.0 Å². The number of unbranched alkanes of at least 4 members (excludes halogenated alkanes) is 2. The van der Waals surface area contributed by atoms with Crippen LogP contribution >= 0.6 is 12.2 Å². The average Bonchev–Trinajstić information content (AvgIpc) is 2.46. The van der Waals surface area contributed by atoms with Crippen LogP contribution in [0.2, 0.25) is 0 Å². The van der Waals surface area contributed by atoms with Crippen molar-refractivity contribution in [2.75, 3.05) is 12.3 Å². The summed E-state index contributed by atoms with van der Waals surface area (Å²) in [5, 5.41) is 2.30. The summed E-state index contributed by atoms with van der Waals surface area (Å²) >= 11 is 4.76. The maximum atomic E-state index is 11.7. The van der Waals surface area contributed by atoms with Gasteiger partial charge in [-0.2, -0.15) is 0 Å². The highest BCUT2D eigenvalue weighted by molar-refractivity contribution is 7.91. The van der Waals surface area contributed by atoms with Gasteiger partial charge in [-0.3, -0.25) is 4.79 Å². The molecule has 15 heavy (non-hydrogen) atoms. The SMILES string of the molecule is CCCCCS(=O)(=O)N1CC(=O)NC1=S. The third-order valence-corrected chi connectivity index (χ3v) is 4.33. The van der Waals surface area contributed by atoms with Crippen LogP contribution in [0.15, 0.2) is 0 Å². The van der Waals surface area contributed by atoms with Crippen molar-refractivity contribution in [3.05, 3.63) is 0 Å². The van der Waals surface area contributed by atoms with Crippen LogP contribution in [-0.2, 0) is 14.8 Å². The highest BCUT2D eigenvalue weighted by Gasteiger charge is 2.32. The van der Waals surface area contributed by atoms with Crippen LogP contribution in [0.3, 0.4) is 0 Å². The molecule has 1 saturated heterocycles. The molecule has 0 unspecified atom stereocenters. The lowest BCUT2D eigenvalue weighted by Gasteiger charge is -2.15. The number of nitrogens with zero attached hydrogens (tertiary/aromatic N) is 1. The third kappa shape index (κ3) is 3.13. The first-order valence-corrected chi connectivity index (χ1v) is 6.83. The standard InChI is InChI=1S/C8H14N2O3S2/c1-2-3-4-5-15(12,13)10-6-7(11)9-8(10)14/h2-6H2,1H3,(H,9,11,14). The van der Waals surface area contributed by atoms with E-state index in [0.717, 1.165) is 17.1 Å². The van der Waals surface area contributed by atoms with E-state index in [0.29, 0.717) is 6.42 Å². The molecule has 0 atom stereocenters. The Morgan fingerprint density at radius 3 is 2.60 bits per heavy atom. The van der Waals surface area contributed by atoms with Crippen LogP contribution in [0.4, 0.5) is 0 Å². The second-order valence-corrected chi connectivity index (χ2v) is 5.78. The zero-order valence-corrected chi connectivity index (χ0v) is 10.2. The molecule has 0 bridgehead atoms. The summed E-state index contributed by atoms with van der Waals surface area (Å²) in [6.07, 6.45) is 2.42. The Labute approximate surface area is 94.9 Å². The Bertz CT molecular complexity index is 364. The number of carbonyl (C=O) groups is 1. The molecule has 5 nitrogen and oxygen atoms in total. The molecule has 0 aromatic carbocycles. The van der Waals surface area contributed by atoms with Crippen molar-refractivity contribution in [2.45, 2.75) is 26.2 Å². The Kier molecular flexibility index (Phi) is 4.04. The van der Waals surface area contributed by atoms with Crippen LogP contribution in [0.25, 0.3) is 0 Å². The first kappa shape index (κ1) is 12.4. The molecule has 1 amide bonds. The molecule has 0 saturated carbocycles. The van der Waals surface area contributed by atoms with Gasteiger partial charge in [-0.25, -0.2) is 12.7 Å². The minimum absolute atomic E-state index is 0.00324. The molecule has 1 fully saturated rings. The van der Waals surface area contributed by atoms with E-state index in [2.05, 4.69) is 5.32 Å². The third-order valence-electron chi connectivity index (χ3n) is 2.10. The fourth-order valence-corrected chi connectivity index (χ4v) is 3.21. The zero-order chi connectivity index (χ0) is 11.5. The Morgan fingerprint density at radius 2 is 2.13 bits per heavy atom. The average molecular weight is 250 g/mol. The Morgan fingerprint density at radius 1 is 1.47 bits per heavy atom. The molecule has 86 valence electrons. The maximum absolute atomic E-state index is 11.7. The van der Waals surface area contributed by atoms with Gasteiger partial charge in [0.1, 0.15) is 6.54 Å². The number of sulfonamides is 1. The molecule has 1 aliphatic heterocycles. The zero-order valence-electron chi connectivity index (χ0n) is 8.52. The van der Waals surface area contributed by atoms with Crippen LogP contribution in [0.1, 0.15) is 26.2 Å². The summed E-state index contributed by atoms with van der Waals surface area (Å²) < 4.78 is 24.4. The van der Waals surface area contributed by atoms with E-state index in [1.165, 1.54) is 0 Å². The number of thiocarbonyl (C=S) groups is 1. The lowest BCUT2D eigenvalue weighted by Crippen LogP contribution is -2.35. The van der Waals surface area contributed by atoms with Crippen molar-refractivity contribution < 1.29 is 13.2 Å². The highest BCUT2D eigenvalue weighted by Crippen LogP contribution is 2.10. The topological polar surface area (TPSA) is 66.5 Å². The molecular weight excluding hydrogens is 236 g/mol. The van der Waals surface area contributed by atoms with Gasteiger partial charge in [0.05, 0.1) is 5.75 Å². The Balaban J connectivity index is 2.62. The van der Waals surface area contributed by atoms with Gasteiger partial charge in [0.25, 0.3) is 0 Å². The largest absolute Gasteiger partial charge is 0.301 e. The van der Waals surface area contributed by atoms with Crippen molar-refractivity contribution in [3.8, 4) is 0 Å². The van der Waals surface area contributed by atoms with Crippen molar-refractivity contribution in [2.24, 2.45) is 0 Å². The summed E-state index contributed by atoms with van der Waals surface area (Å²) in [5.74, 6) is -0.310. The number of hydrogen-bond donors (Lipinski definition) is 1. The van der Waals surface area contributed by atoms with E-state index in [-0.39, 0.29) is 23.3 Å². The van der Waals surface area contributed by atoms with E-state index in [1.54, 1.807) is 0 Å². The molecule has 1 heterocycles. The molecule has 1 rings (SSSR count). The van der Waals surface area contributed by atoms with Crippen molar-refractivity contribution >= 4 is 33.3 Å². The lowest BCUT2D eigenvalue weighted by molar-refractivity contribution is -0.118. The minimum atomic E-state index is -3.41. The van der Waals surface area contributed by atoms with Crippen LogP contribution < -0.4 is 5.32 Å². The van der Waals surface area contributed by atoms with Gasteiger partial charge in [-0.05, 0) is 18.6 Å².